The van der Waals surface area contributed by atoms with Crippen LogP contribution in [0.25, 0.3) is 0 Å². The summed E-state index contributed by atoms with van der Waals surface area (Å²) in [4.78, 5) is 56.7. The summed E-state index contributed by atoms with van der Waals surface area (Å²) in [7, 11) is 0. The zero-order valence-electron chi connectivity index (χ0n) is 16.1. The molecule has 1 aromatic heterocycles. The number of aromatic nitrogens is 3. The molecule has 18 heteroatoms. The molecule has 0 atom stereocenters. The Labute approximate surface area is 302 Å². The van der Waals surface area contributed by atoms with Crippen LogP contribution in [0.15, 0.2) is 36.4 Å². The van der Waals surface area contributed by atoms with Gasteiger partial charge in [-0.25, -0.2) is 19.2 Å². The van der Waals surface area contributed by atoms with E-state index < -0.39 is 23.9 Å². The number of carboxylic acid groups (broad SMARTS) is 4. The van der Waals surface area contributed by atoms with Crippen LogP contribution < -0.4 is 10.6 Å². The summed E-state index contributed by atoms with van der Waals surface area (Å²) in [5.41, 5.74) is -1.15. The third kappa shape index (κ3) is 11.1. The van der Waals surface area contributed by atoms with Gasteiger partial charge in [0.2, 0.25) is 17.2 Å². The standard InChI is InChI=1S/C19H12ClN5O8.4Na.4H/c20-17-23-18(21-11-3-7(13(26)27)1-8(4-11)14(28)29)25-19(24-17)22-12-5-9(15(30)31)2-10(6-12)16(32)33;;;;;;;;/h1-6H,(H,26,27)(H,28,29)(H,30,31)(H,32,33)(H2,21,22,23,24,25);;;;;;;;. The van der Waals surface area contributed by atoms with Gasteiger partial charge in [0.1, 0.15) is 0 Å². The number of nitrogens with zero attached hydrogens (tertiary/aromatic N) is 3. The van der Waals surface area contributed by atoms with Gasteiger partial charge in [-0.1, -0.05) is 0 Å². The SMILES string of the molecule is O=C(O)c1cc(Nc2nc(Cl)nc(Nc3cc(C(=O)O)cc(C(=O)O)c3)n2)cc(C(=O)O)c1.[NaH].[NaH].[NaH].[NaH]. The Hall–Kier alpha value is -0.780. The molecule has 3 rings (SSSR count). The summed E-state index contributed by atoms with van der Waals surface area (Å²) in [6.07, 6.45) is 0. The van der Waals surface area contributed by atoms with Crippen LogP contribution in [-0.2, 0) is 0 Å². The van der Waals surface area contributed by atoms with Crippen molar-refractivity contribution >= 4 is 177 Å². The van der Waals surface area contributed by atoms with Crippen molar-refractivity contribution in [3.8, 4) is 0 Å². The number of nitrogens with one attached hydrogen (secondary N) is 2. The predicted octanol–water partition coefficient (Wildman–Crippen LogP) is 0.211. The Bertz CT molecular complexity index is 1170. The number of hydrogen-bond acceptors (Lipinski definition) is 9. The molecule has 6 N–H and O–H groups in total. The monoisotopic (exact) mass is 569 g/mol. The summed E-state index contributed by atoms with van der Waals surface area (Å²) < 4.78 is 0. The summed E-state index contributed by atoms with van der Waals surface area (Å²) in [5.74, 6) is -5.84. The topological polar surface area (TPSA) is 212 Å². The van der Waals surface area contributed by atoms with Gasteiger partial charge in [0.05, 0.1) is 22.3 Å². The van der Waals surface area contributed by atoms with Crippen LogP contribution in [0.1, 0.15) is 41.4 Å². The molecule has 176 valence electrons. The normalized spacial score (nSPS) is 9.22. The average molecular weight is 570 g/mol. The van der Waals surface area contributed by atoms with E-state index in [2.05, 4.69) is 25.6 Å². The van der Waals surface area contributed by atoms with Gasteiger partial charge in [-0.3, -0.25) is 0 Å². The Morgan fingerprint density at radius 2 is 0.811 bits per heavy atom. The number of carboxylic acids is 4. The summed E-state index contributed by atoms with van der Waals surface area (Å²) >= 11 is 5.89. The molecule has 0 aliphatic rings. The molecule has 2 aromatic carbocycles. The predicted molar refractivity (Wildman–Crippen MR) is 141 cm³/mol. The fourth-order valence-electron chi connectivity index (χ4n) is 2.61. The van der Waals surface area contributed by atoms with Crippen molar-refractivity contribution in [2.24, 2.45) is 0 Å². The van der Waals surface area contributed by atoms with Crippen molar-refractivity contribution in [3.05, 3.63) is 63.9 Å². The molecule has 0 saturated carbocycles. The van der Waals surface area contributed by atoms with Crippen molar-refractivity contribution in [2.75, 3.05) is 10.6 Å². The second-order valence-corrected chi connectivity index (χ2v) is 6.66. The Balaban J connectivity index is 0. The van der Waals surface area contributed by atoms with Crippen LogP contribution in [-0.4, -0.2) is 177 Å². The molecule has 37 heavy (non-hydrogen) atoms. The second kappa shape index (κ2) is 17.0. The molecule has 1 heterocycles. The fourth-order valence-corrected chi connectivity index (χ4v) is 2.77. The van der Waals surface area contributed by atoms with Crippen molar-refractivity contribution < 1.29 is 39.6 Å². The van der Waals surface area contributed by atoms with Crippen LogP contribution in [0, 0.1) is 0 Å². The summed E-state index contributed by atoms with van der Waals surface area (Å²) in [6, 6.07) is 6.53. The van der Waals surface area contributed by atoms with E-state index in [1.54, 1.807) is 0 Å². The number of anilines is 4. The van der Waals surface area contributed by atoms with E-state index in [0.29, 0.717) is 0 Å². The van der Waals surface area contributed by atoms with Gasteiger partial charge in [0.15, 0.2) is 0 Å². The van der Waals surface area contributed by atoms with Crippen LogP contribution in [0.2, 0.25) is 5.28 Å². The van der Waals surface area contributed by atoms with Gasteiger partial charge in [0, 0.05) is 11.4 Å². The Morgan fingerprint density at radius 3 is 1.05 bits per heavy atom. The van der Waals surface area contributed by atoms with Crippen LogP contribution in [0.5, 0.6) is 0 Å². The first-order chi connectivity index (χ1) is 15.5. The Morgan fingerprint density at radius 1 is 0.541 bits per heavy atom. The molecule has 13 nitrogen and oxygen atoms in total. The maximum atomic E-state index is 11.3. The second-order valence-electron chi connectivity index (χ2n) is 6.32. The van der Waals surface area contributed by atoms with Crippen LogP contribution >= 0.6 is 11.6 Å². The number of carbonyl (C=O) groups is 4. The number of rotatable bonds is 8. The number of aromatic carboxylic acids is 4. The Kier molecular flexibility index (Phi) is 17.7. The molecule has 3 aromatic rings. The average Bonchev–Trinajstić information content (AvgIpc) is 2.72. The van der Waals surface area contributed by atoms with Crippen molar-refractivity contribution in [3.63, 3.8) is 0 Å². The molecule has 0 bridgehead atoms. The first kappa shape index (κ1) is 38.4. The molecule has 0 spiro atoms. The molecule has 0 saturated heterocycles. The zero-order chi connectivity index (χ0) is 24.3. The van der Waals surface area contributed by atoms with Gasteiger partial charge < -0.3 is 31.1 Å². The molecule has 0 aliphatic carbocycles. The zero-order valence-corrected chi connectivity index (χ0v) is 16.9. The molecular formula is C19H16ClN5Na4O8. The number of hydrogen-bond donors (Lipinski definition) is 6. The van der Waals surface area contributed by atoms with Gasteiger partial charge >= 0.3 is 142 Å². The first-order valence-corrected chi connectivity index (χ1v) is 9.08. The van der Waals surface area contributed by atoms with E-state index >= 15 is 0 Å². The van der Waals surface area contributed by atoms with Gasteiger partial charge in [-0.05, 0) is 48.0 Å². The van der Waals surface area contributed by atoms with Gasteiger partial charge in [0.25, 0.3) is 0 Å². The van der Waals surface area contributed by atoms with Crippen LogP contribution in [0.4, 0.5) is 23.3 Å². The quantitative estimate of drug-likeness (QED) is 0.200. The summed E-state index contributed by atoms with van der Waals surface area (Å²) in [6.45, 7) is 0. The van der Waals surface area contributed by atoms with Crippen LogP contribution in [0.3, 0.4) is 0 Å². The maximum absolute atomic E-state index is 11.3. The minimum atomic E-state index is -1.36. The molecular weight excluding hydrogens is 554 g/mol. The molecule has 0 unspecified atom stereocenters. The van der Waals surface area contributed by atoms with Crippen molar-refractivity contribution in [2.45, 2.75) is 0 Å². The first-order valence-electron chi connectivity index (χ1n) is 8.71. The number of benzene rings is 2. The third-order valence-corrected chi connectivity index (χ3v) is 4.14. The van der Waals surface area contributed by atoms with E-state index in [0.717, 1.165) is 36.4 Å². The molecule has 0 radical (unpaired) electrons. The molecule has 0 fully saturated rings. The van der Waals surface area contributed by atoms with Gasteiger partial charge in [-0.2, -0.15) is 15.0 Å². The van der Waals surface area contributed by atoms with Crippen molar-refractivity contribution in [1.29, 1.82) is 0 Å². The van der Waals surface area contributed by atoms with Crippen molar-refractivity contribution in [1.82, 2.24) is 15.0 Å². The van der Waals surface area contributed by atoms with E-state index in [4.69, 9.17) is 11.6 Å². The van der Waals surface area contributed by atoms with E-state index in [1.807, 2.05) is 0 Å². The van der Waals surface area contributed by atoms with E-state index in [1.165, 1.54) is 0 Å². The fraction of sp³-hybridized carbons (Fsp3) is 0. The minimum absolute atomic E-state index is 0. The van der Waals surface area contributed by atoms with Gasteiger partial charge in [-0.15, -0.1) is 0 Å². The van der Waals surface area contributed by atoms with E-state index in [-0.39, 0.29) is 169 Å². The third-order valence-electron chi connectivity index (χ3n) is 3.97. The molecule has 0 amide bonds. The number of halogens is 1. The summed E-state index contributed by atoms with van der Waals surface area (Å²) in [5, 5.41) is 41.6. The van der Waals surface area contributed by atoms with E-state index in [9.17, 15) is 39.6 Å². The molecule has 0 aliphatic heterocycles.